The number of esters is 1. The molecule has 0 spiro atoms. The number of ether oxygens (including phenoxy) is 1. The van der Waals surface area contributed by atoms with Crippen molar-refractivity contribution in [2.24, 2.45) is 5.92 Å². The van der Waals surface area contributed by atoms with Gasteiger partial charge in [0, 0.05) is 11.8 Å². The average molecular weight is 493 g/mol. The molecule has 0 saturated heterocycles. The summed E-state index contributed by atoms with van der Waals surface area (Å²) in [6, 6.07) is 13.8. The maximum atomic E-state index is 13.4. The zero-order valence-electron chi connectivity index (χ0n) is 16.4. The van der Waals surface area contributed by atoms with Crippen LogP contribution in [0.3, 0.4) is 0 Å². The SMILES string of the molecule is O=C(OC(C(C(F)(F)F)S(=O)(=O)[O-])C(F)(F)F)C1CC2c3ccccc3C1c1ccccc12. The van der Waals surface area contributed by atoms with Crippen LogP contribution in [-0.4, -0.2) is 42.6 Å². The molecule has 0 amide bonds. The van der Waals surface area contributed by atoms with Gasteiger partial charge in [0.05, 0.1) is 5.92 Å². The van der Waals surface area contributed by atoms with Crippen LogP contribution in [0.5, 0.6) is 0 Å². The van der Waals surface area contributed by atoms with Crippen molar-refractivity contribution in [3.63, 3.8) is 0 Å². The van der Waals surface area contributed by atoms with E-state index in [-0.39, 0.29) is 6.42 Å². The van der Waals surface area contributed by atoms with Gasteiger partial charge in [-0.3, -0.25) is 4.79 Å². The van der Waals surface area contributed by atoms with Crippen molar-refractivity contribution in [1.82, 2.24) is 0 Å². The summed E-state index contributed by atoms with van der Waals surface area (Å²) in [5.41, 5.74) is 2.93. The molecular weight excluding hydrogens is 478 g/mol. The number of carbonyl (C=O) groups is 1. The Hall–Kier alpha value is -2.60. The third kappa shape index (κ3) is 4.10. The molecule has 5 nitrogen and oxygen atoms in total. The Morgan fingerprint density at radius 1 is 0.879 bits per heavy atom. The largest absolute Gasteiger partial charge is 0.747 e. The molecule has 12 heteroatoms. The lowest BCUT2D eigenvalue weighted by atomic mass is 9.59. The Morgan fingerprint density at radius 3 is 1.73 bits per heavy atom. The highest BCUT2D eigenvalue weighted by Gasteiger charge is 2.62. The van der Waals surface area contributed by atoms with Gasteiger partial charge in [-0.1, -0.05) is 48.5 Å². The molecule has 178 valence electrons. The molecule has 2 aromatic carbocycles. The molecule has 3 aliphatic carbocycles. The molecule has 0 aromatic heterocycles. The summed E-state index contributed by atoms with van der Waals surface area (Å²) in [6.07, 6.45) is -16.3. The molecule has 0 saturated carbocycles. The molecular formula is C21H15F6O5S-. The molecule has 0 heterocycles. The fourth-order valence-corrected chi connectivity index (χ4v) is 5.71. The second kappa shape index (κ2) is 7.73. The Bertz CT molecular complexity index is 1140. The number of rotatable bonds is 4. The topological polar surface area (TPSA) is 83.5 Å². The molecule has 33 heavy (non-hydrogen) atoms. The van der Waals surface area contributed by atoms with Crippen LogP contribution in [0.2, 0.25) is 0 Å². The lowest BCUT2D eigenvalue weighted by Crippen LogP contribution is -2.55. The zero-order chi connectivity index (χ0) is 24.3. The van der Waals surface area contributed by atoms with Gasteiger partial charge in [0.2, 0.25) is 6.10 Å². The van der Waals surface area contributed by atoms with Crippen LogP contribution in [0, 0.1) is 5.92 Å². The van der Waals surface area contributed by atoms with Crippen molar-refractivity contribution in [3.05, 3.63) is 70.8 Å². The van der Waals surface area contributed by atoms with Crippen molar-refractivity contribution < 1.29 is 48.8 Å². The van der Waals surface area contributed by atoms with E-state index >= 15 is 0 Å². The number of fused-ring (bicyclic) bond motifs is 1. The lowest BCUT2D eigenvalue weighted by molar-refractivity contribution is -0.250. The van der Waals surface area contributed by atoms with Gasteiger partial charge in [0.15, 0.2) is 5.25 Å². The summed E-state index contributed by atoms with van der Waals surface area (Å²) < 4.78 is 117. The van der Waals surface area contributed by atoms with E-state index in [1.165, 1.54) is 0 Å². The summed E-state index contributed by atoms with van der Waals surface area (Å²) >= 11 is 0. The van der Waals surface area contributed by atoms with E-state index < -0.39 is 57.5 Å². The van der Waals surface area contributed by atoms with E-state index in [1.54, 1.807) is 48.5 Å². The monoisotopic (exact) mass is 493 g/mol. The Balaban J connectivity index is 1.74. The highest BCUT2D eigenvalue weighted by atomic mass is 32.2. The van der Waals surface area contributed by atoms with Gasteiger partial charge in [0.1, 0.15) is 10.1 Å². The van der Waals surface area contributed by atoms with Crippen molar-refractivity contribution in [1.29, 1.82) is 0 Å². The normalized spacial score (nSPS) is 23.9. The number of benzene rings is 2. The highest BCUT2D eigenvalue weighted by molar-refractivity contribution is 7.86. The smallest absolute Gasteiger partial charge is 0.427 e. The molecule has 5 rings (SSSR count). The first-order valence-corrected chi connectivity index (χ1v) is 11.1. The molecule has 0 aliphatic heterocycles. The first-order valence-electron chi connectivity index (χ1n) is 9.67. The average Bonchev–Trinajstić information content (AvgIpc) is 2.70. The van der Waals surface area contributed by atoms with Gasteiger partial charge in [-0.05, 0) is 28.7 Å². The predicted molar refractivity (Wildman–Crippen MR) is 100 cm³/mol. The number of carbonyl (C=O) groups excluding carboxylic acids is 1. The lowest BCUT2D eigenvalue weighted by Gasteiger charge is -2.45. The van der Waals surface area contributed by atoms with E-state index in [0.717, 1.165) is 11.1 Å². The minimum Gasteiger partial charge on any atom is -0.747 e. The van der Waals surface area contributed by atoms with Gasteiger partial charge in [-0.15, -0.1) is 0 Å². The Kier molecular flexibility index (Phi) is 5.51. The molecule has 3 unspecified atom stereocenters. The second-order valence-electron chi connectivity index (χ2n) is 7.98. The number of alkyl halides is 6. The zero-order valence-corrected chi connectivity index (χ0v) is 17.2. The molecule has 2 bridgehead atoms. The van der Waals surface area contributed by atoms with E-state index in [4.69, 9.17) is 0 Å². The van der Waals surface area contributed by atoms with Gasteiger partial charge in [-0.25, -0.2) is 8.42 Å². The van der Waals surface area contributed by atoms with E-state index in [0.29, 0.717) is 11.1 Å². The van der Waals surface area contributed by atoms with Gasteiger partial charge in [-0.2, -0.15) is 26.3 Å². The first kappa shape index (κ1) is 23.6. The van der Waals surface area contributed by atoms with Crippen LogP contribution in [0.1, 0.15) is 40.5 Å². The van der Waals surface area contributed by atoms with Crippen LogP contribution < -0.4 is 0 Å². The standard InChI is InChI=1S/C21H16F6O5S/c22-20(23,24)17(18(21(25,26)27)33(29,30)31)32-19(28)15-9-14-10-5-1-3-7-12(10)16(15)13-8-4-2-6-11(13)14/h1-8,14-18H,9H2,(H,29,30,31)/p-1. The van der Waals surface area contributed by atoms with Gasteiger partial charge in [0.25, 0.3) is 0 Å². The molecule has 0 radical (unpaired) electrons. The molecule has 2 aromatic rings. The van der Waals surface area contributed by atoms with Crippen molar-refractivity contribution in [3.8, 4) is 0 Å². The molecule has 3 atom stereocenters. The summed E-state index contributed by atoms with van der Waals surface area (Å²) in [6.45, 7) is 0. The van der Waals surface area contributed by atoms with Crippen LogP contribution in [-0.2, 0) is 19.6 Å². The van der Waals surface area contributed by atoms with E-state index in [9.17, 15) is 44.1 Å². The quantitative estimate of drug-likeness (QED) is 0.362. The third-order valence-electron chi connectivity index (χ3n) is 6.08. The summed E-state index contributed by atoms with van der Waals surface area (Å²) in [5.74, 6) is -4.15. The summed E-state index contributed by atoms with van der Waals surface area (Å²) in [5, 5.41) is -4.48. The first-order chi connectivity index (χ1) is 15.2. The molecule has 3 aliphatic rings. The summed E-state index contributed by atoms with van der Waals surface area (Å²) in [4.78, 5) is 12.8. The Labute approximate surface area is 184 Å². The summed E-state index contributed by atoms with van der Waals surface area (Å²) in [7, 11) is -6.56. The number of halogens is 6. The fraction of sp³-hybridized carbons (Fsp3) is 0.381. The Morgan fingerprint density at radius 2 is 1.33 bits per heavy atom. The van der Waals surface area contributed by atoms with Gasteiger partial charge < -0.3 is 9.29 Å². The third-order valence-corrected chi connectivity index (χ3v) is 7.22. The number of hydrogen-bond donors (Lipinski definition) is 0. The van der Waals surface area contributed by atoms with Crippen molar-refractivity contribution in [2.75, 3.05) is 0 Å². The highest BCUT2D eigenvalue weighted by Crippen LogP contribution is 2.55. The second-order valence-corrected chi connectivity index (χ2v) is 9.48. The van der Waals surface area contributed by atoms with Crippen LogP contribution >= 0.6 is 0 Å². The van der Waals surface area contributed by atoms with Crippen LogP contribution in [0.4, 0.5) is 26.3 Å². The van der Waals surface area contributed by atoms with Crippen LogP contribution in [0.15, 0.2) is 48.5 Å². The number of hydrogen-bond acceptors (Lipinski definition) is 5. The fourth-order valence-electron chi connectivity index (χ4n) is 4.87. The van der Waals surface area contributed by atoms with Crippen molar-refractivity contribution in [2.45, 2.75) is 42.0 Å². The minimum absolute atomic E-state index is 0.0388. The van der Waals surface area contributed by atoms with E-state index in [1.807, 2.05) is 0 Å². The maximum absolute atomic E-state index is 13.4. The molecule has 0 N–H and O–H groups in total. The predicted octanol–water partition coefficient (Wildman–Crippen LogP) is 4.23. The maximum Gasteiger partial charge on any atom is 0.427 e. The minimum atomic E-state index is -6.56. The molecule has 0 fully saturated rings. The van der Waals surface area contributed by atoms with E-state index in [2.05, 4.69) is 4.74 Å². The van der Waals surface area contributed by atoms with Crippen LogP contribution in [0.25, 0.3) is 0 Å². The van der Waals surface area contributed by atoms with Crippen molar-refractivity contribution >= 4 is 16.1 Å². The van der Waals surface area contributed by atoms with Gasteiger partial charge >= 0.3 is 18.3 Å².